The van der Waals surface area contributed by atoms with Crippen LogP contribution in [0.2, 0.25) is 0 Å². The second kappa shape index (κ2) is 5.97. The fourth-order valence-corrected chi connectivity index (χ4v) is 2.49. The van der Waals surface area contributed by atoms with Crippen LogP contribution in [0.15, 0.2) is 48.8 Å². The van der Waals surface area contributed by atoms with Crippen LogP contribution < -0.4 is 5.32 Å². The zero-order chi connectivity index (χ0) is 15.5. The number of nitrogens with zero attached hydrogens (tertiary/aromatic N) is 3. The molecule has 22 heavy (non-hydrogen) atoms. The third kappa shape index (κ3) is 2.70. The van der Waals surface area contributed by atoms with Gasteiger partial charge in [-0.2, -0.15) is 5.10 Å². The van der Waals surface area contributed by atoms with E-state index in [-0.39, 0.29) is 11.9 Å². The van der Waals surface area contributed by atoms with Gasteiger partial charge in [-0.05, 0) is 31.5 Å². The molecule has 1 N–H and O–H groups in total. The van der Waals surface area contributed by atoms with Crippen LogP contribution in [0.3, 0.4) is 0 Å². The van der Waals surface area contributed by atoms with Crippen LogP contribution in [0.25, 0.3) is 10.9 Å². The molecule has 1 unspecified atom stereocenters. The molecule has 1 amide bonds. The maximum absolute atomic E-state index is 12.4. The predicted molar refractivity (Wildman–Crippen MR) is 85.3 cm³/mol. The summed E-state index contributed by atoms with van der Waals surface area (Å²) in [6, 6.07) is 11.4. The topological polar surface area (TPSA) is 59.8 Å². The van der Waals surface area contributed by atoms with Gasteiger partial charge < -0.3 is 5.32 Å². The first kappa shape index (κ1) is 14.3. The normalized spacial score (nSPS) is 12.3. The molecule has 0 fully saturated rings. The van der Waals surface area contributed by atoms with Gasteiger partial charge in [-0.3, -0.25) is 14.5 Å². The second-order valence-corrected chi connectivity index (χ2v) is 5.30. The zero-order valence-corrected chi connectivity index (χ0v) is 12.7. The summed E-state index contributed by atoms with van der Waals surface area (Å²) in [6.07, 6.45) is 3.46. The molecule has 112 valence electrons. The Morgan fingerprint density at radius 3 is 2.86 bits per heavy atom. The Morgan fingerprint density at radius 2 is 2.09 bits per heavy atom. The van der Waals surface area contributed by atoms with Gasteiger partial charge in [0.2, 0.25) is 5.91 Å². The molecule has 1 atom stereocenters. The van der Waals surface area contributed by atoms with E-state index in [0.717, 1.165) is 22.2 Å². The summed E-state index contributed by atoms with van der Waals surface area (Å²) in [7, 11) is 0. The highest BCUT2D eigenvalue weighted by Crippen LogP contribution is 2.21. The van der Waals surface area contributed by atoms with Crippen LogP contribution in [0, 0.1) is 6.92 Å². The Labute approximate surface area is 129 Å². The minimum atomic E-state index is -0.365. The molecule has 2 heterocycles. The average molecular weight is 294 g/mol. The van der Waals surface area contributed by atoms with Gasteiger partial charge in [0.1, 0.15) is 6.04 Å². The number of hydrogen-bond acceptors (Lipinski definition) is 3. The summed E-state index contributed by atoms with van der Waals surface area (Å²) < 4.78 is 1.78. The van der Waals surface area contributed by atoms with Crippen LogP contribution >= 0.6 is 0 Å². The van der Waals surface area contributed by atoms with Crippen LogP contribution in [0.4, 0.5) is 0 Å². The van der Waals surface area contributed by atoms with E-state index in [1.807, 2.05) is 50.2 Å². The molecule has 3 aromatic rings. The van der Waals surface area contributed by atoms with Crippen molar-refractivity contribution in [2.45, 2.75) is 26.4 Å². The molecule has 0 aliphatic carbocycles. The summed E-state index contributed by atoms with van der Waals surface area (Å²) in [5, 5.41) is 8.52. The zero-order valence-electron chi connectivity index (χ0n) is 12.7. The number of aryl methyl sites for hydroxylation is 1. The maximum atomic E-state index is 12.4. The molecule has 0 spiro atoms. The summed E-state index contributed by atoms with van der Waals surface area (Å²) in [4.78, 5) is 16.4. The van der Waals surface area contributed by atoms with Crippen molar-refractivity contribution >= 4 is 16.8 Å². The van der Waals surface area contributed by atoms with Gasteiger partial charge in [-0.25, -0.2) is 0 Å². The first-order valence-corrected chi connectivity index (χ1v) is 7.27. The number of hydrogen-bond donors (Lipinski definition) is 1. The molecule has 0 aliphatic rings. The van der Waals surface area contributed by atoms with Crippen molar-refractivity contribution < 1.29 is 4.79 Å². The van der Waals surface area contributed by atoms with Crippen molar-refractivity contribution in [3.63, 3.8) is 0 Å². The van der Waals surface area contributed by atoms with Crippen molar-refractivity contribution in [1.29, 1.82) is 0 Å². The highest BCUT2D eigenvalue weighted by molar-refractivity contribution is 5.86. The quantitative estimate of drug-likeness (QED) is 0.804. The van der Waals surface area contributed by atoms with Crippen LogP contribution in [0.5, 0.6) is 0 Å². The Kier molecular flexibility index (Phi) is 3.87. The molecule has 1 aromatic carbocycles. The minimum Gasteiger partial charge on any atom is -0.350 e. The van der Waals surface area contributed by atoms with Crippen LogP contribution in [-0.4, -0.2) is 20.7 Å². The Bertz CT molecular complexity index is 795. The highest BCUT2D eigenvalue weighted by atomic mass is 16.2. The summed E-state index contributed by atoms with van der Waals surface area (Å²) >= 11 is 0. The van der Waals surface area contributed by atoms with E-state index in [2.05, 4.69) is 15.4 Å². The number of amides is 1. The highest BCUT2D eigenvalue weighted by Gasteiger charge is 2.18. The van der Waals surface area contributed by atoms with E-state index < -0.39 is 0 Å². The van der Waals surface area contributed by atoms with E-state index in [1.165, 1.54) is 0 Å². The number of rotatable bonds is 4. The molecule has 0 radical (unpaired) electrons. The number of carbonyl (C=O) groups excluding carboxylic acids is 1. The van der Waals surface area contributed by atoms with E-state index in [1.54, 1.807) is 17.1 Å². The first-order valence-electron chi connectivity index (χ1n) is 7.27. The van der Waals surface area contributed by atoms with Gasteiger partial charge in [0.25, 0.3) is 0 Å². The fraction of sp³-hybridized carbons (Fsp3) is 0.235. The third-order valence-electron chi connectivity index (χ3n) is 3.73. The molecular formula is C17H18N4O. The molecule has 0 saturated carbocycles. The van der Waals surface area contributed by atoms with Crippen LogP contribution in [-0.2, 0) is 11.3 Å². The smallest absolute Gasteiger partial charge is 0.244 e. The number of aromatic nitrogens is 3. The van der Waals surface area contributed by atoms with Crippen molar-refractivity contribution in [1.82, 2.24) is 20.1 Å². The molecular weight excluding hydrogens is 276 g/mol. The number of nitrogens with one attached hydrogen (secondary N) is 1. The number of para-hydroxylation sites is 1. The fourth-order valence-electron chi connectivity index (χ4n) is 2.49. The van der Waals surface area contributed by atoms with Gasteiger partial charge in [0.05, 0.1) is 11.2 Å². The molecule has 0 bridgehead atoms. The number of pyridine rings is 1. The lowest BCUT2D eigenvalue weighted by Crippen LogP contribution is -2.31. The Balaban J connectivity index is 1.77. The van der Waals surface area contributed by atoms with Crippen molar-refractivity contribution in [2.75, 3.05) is 0 Å². The average Bonchev–Trinajstić information content (AvgIpc) is 2.90. The molecule has 0 aliphatic heterocycles. The standard InChI is InChI=1S/C17H18N4O/c1-12-15-7-3-4-8-16(15)21(20-12)13(2)17(22)19-11-14-6-5-9-18-10-14/h3-10,13H,11H2,1-2H3,(H,19,22). The van der Waals surface area contributed by atoms with Crippen molar-refractivity contribution in [2.24, 2.45) is 0 Å². The van der Waals surface area contributed by atoms with Gasteiger partial charge in [0, 0.05) is 24.3 Å². The number of carbonyl (C=O) groups is 1. The molecule has 5 heteroatoms. The third-order valence-corrected chi connectivity index (χ3v) is 3.73. The lowest BCUT2D eigenvalue weighted by molar-refractivity contribution is -0.124. The molecule has 5 nitrogen and oxygen atoms in total. The van der Waals surface area contributed by atoms with Crippen molar-refractivity contribution in [3.8, 4) is 0 Å². The monoisotopic (exact) mass is 294 g/mol. The van der Waals surface area contributed by atoms with E-state index in [0.29, 0.717) is 6.54 Å². The van der Waals surface area contributed by atoms with E-state index >= 15 is 0 Å². The van der Waals surface area contributed by atoms with Gasteiger partial charge in [-0.15, -0.1) is 0 Å². The van der Waals surface area contributed by atoms with E-state index in [9.17, 15) is 4.79 Å². The minimum absolute atomic E-state index is 0.0582. The maximum Gasteiger partial charge on any atom is 0.244 e. The van der Waals surface area contributed by atoms with Gasteiger partial charge in [0.15, 0.2) is 0 Å². The lowest BCUT2D eigenvalue weighted by Gasteiger charge is -2.14. The number of fused-ring (bicyclic) bond motifs is 1. The Hall–Kier alpha value is -2.69. The summed E-state index contributed by atoms with van der Waals surface area (Å²) in [5.74, 6) is -0.0582. The van der Waals surface area contributed by atoms with Crippen molar-refractivity contribution in [3.05, 3.63) is 60.0 Å². The SMILES string of the molecule is Cc1nn(C(C)C(=O)NCc2cccnc2)c2ccccc12. The second-order valence-electron chi connectivity index (χ2n) is 5.30. The number of benzene rings is 1. The van der Waals surface area contributed by atoms with E-state index in [4.69, 9.17) is 0 Å². The predicted octanol–water partition coefficient (Wildman–Crippen LogP) is 2.62. The summed E-state index contributed by atoms with van der Waals surface area (Å²) in [5.41, 5.74) is 2.89. The molecule has 3 rings (SSSR count). The Morgan fingerprint density at radius 1 is 1.27 bits per heavy atom. The molecule has 0 saturated heterocycles. The lowest BCUT2D eigenvalue weighted by atomic mass is 10.2. The molecule has 2 aromatic heterocycles. The first-order chi connectivity index (χ1) is 10.7. The van der Waals surface area contributed by atoms with Gasteiger partial charge in [-0.1, -0.05) is 24.3 Å². The summed E-state index contributed by atoms with van der Waals surface area (Å²) in [6.45, 7) is 4.28. The van der Waals surface area contributed by atoms with Crippen LogP contribution in [0.1, 0.15) is 24.2 Å². The van der Waals surface area contributed by atoms with Gasteiger partial charge >= 0.3 is 0 Å². The largest absolute Gasteiger partial charge is 0.350 e.